The summed E-state index contributed by atoms with van der Waals surface area (Å²) in [7, 11) is 0. The minimum absolute atomic E-state index is 0.158. The molecule has 2 nitrogen and oxygen atoms in total. The van der Waals surface area contributed by atoms with Crippen molar-refractivity contribution in [1.82, 2.24) is 4.90 Å². The van der Waals surface area contributed by atoms with Crippen molar-refractivity contribution < 1.29 is 4.79 Å². The van der Waals surface area contributed by atoms with Crippen molar-refractivity contribution in [2.45, 2.75) is 25.8 Å². The zero-order valence-electron chi connectivity index (χ0n) is 11.4. The Labute approximate surface area is 127 Å². The molecule has 0 N–H and O–H groups in total. The van der Waals surface area contributed by atoms with E-state index in [4.69, 9.17) is 0 Å². The van der Waals surface area contributed by atoms with Gasteiger partial charge in [-0.15, -0.1) is 22.7 Å². The van der Waals surface area contributed by atoms with Gasteiger partial charge in [0, 0.05) is 22.2 Å². The Hall–Kier alpha value is -1.13. The number of carbonyl (C=O) groups excluding carboxylic acids is 1. The highest BCUT2D eigenvalue weighted by Gasteiger charge is 2.44. The summed E-state index contributed by atoms with van der Waals surface area (Å²) in [6.45, 7) is 3.06. The molecule has 1 aliphatic heterocycles. The molecule has 2 aliphatic rings. The molecule has 0 bridgehead atoms. The van der Waals surface area contributed by atoms with E-state index in [1.807, 2.05) is 11.3 Å². The largest absolute Gasteiger partial charge is 0.330 e. The van der Waals surface area contributed by atoms with Crippen LogP contribution in [0.1, 0.15) is 34.7 Å². The highest BCUT2D eigenvalue weighted by Crippen LogP contribution is 2.45. The van der Waals surface area contributed by atoms with Gasteiger partial charge >= 0.3 is 0 Å². The standard InChI is InChI=1S/C16H17NOS2/c1-10-9-12(10)16(18)17-6-4-13-11(5-8-20-13)15(17)14-3-2-7-19-14/h2-3,5,7-8,10,12,15H,4,6,9H2,1H3/t10-,12-,15-/m1/s1. The van der Waals surface area contributed by atoms with Gasteiger partial charge in [0.05, 0.1) is 6.04 Å². The molecule has 0 saturated heterocycles. The van der Waals surface area contributed by atoms with Crippen molar-refractivity contribution in [1.29, 1.82) is 0 Å². The van der Waals surface area contributed by atoms with E-state index in [9.17, 15) is 4.79 Å². The average Bonchev–Trinajstić information content (AvgIpc) is 2.92. The molecule has 2 aromatic heterocycles. The molecule has 4 rings (SSSR count). The van der Waals surface area contributed by atoms with Crippen LogP contribution >= 0.6 is 22.7 Å². The van der Waals surface area contributed by atoms with Crippen LogP contribution in [0.25, 0.3) is 0 Å². The van der Waals surface area contributed by atoms with Gasteiger partial charge in [0.1, 0.15) is 0 Å². The van der Waals surface area contributed by atoms with Crippen LogP contribution in [0, 0.1) is 11.8 Å². The number of rotatable bonds is 2. The molecule has 20 heavy (non-hydrogen) atoms. The van der Waals surface area contributed by atoms with Crippen LogP contribution in [0.5, 0.6) is 0 Å². The van der Waals surface area contributed by atoms with Crippen molar-refractivity contribution in [3.05, 3.63) is 44.3 Å². The Morgan fingerprint density at radius 3 is 2.85 bits per heavy atom. The van der Waals surface area contributed by atoms with Crippen molar-refractivity contribution in [3.8, 4) is 0 Å². The SMILES string of the molecule is C[C@@H]1C[C@H]1C(=O)N1CCc2sccc2[C@@H]1c1cccs1. The zero-order chi connectivity index (χ0) is 13.7. The van der Waals surface area contributed by atoms with Gasteiger partial charge in [0.15, 0.2) is 0 Å². The average molecular weight is 303 g/mol. The summed E-state index contributed by atoms with van der Waals surface area (Å²) >= 11 is 3.59. The fourth-order valence-electron chi connectivity index (χ4n) is 3.19. The Balaban J connectivity index is 1.73. The summed E-state index contributed by atoms with van der Waals surface area (Å²) in [6, 6.07) is 6.62. The van der Waals surface area contributed by atoms with Gasteiger partial charge in [0.25, 0.3) is 0 Å². The third-order valence-corrected chi connectivity index (χ3v) is 6.41. The Bertz CT molecular complexity index is 631. The third kappa shape index (κ3) is 1.93. The molecule has 1 fully saturated rings. The van der Waals surface area contributed by atoms with E-state index in [1.54, 1.807) is 11.3 Å². The molecule has 1 saturated carbocycles. The van der Waals surface area contributed by atoms with E-state index in [1.165, 1.54) is 15.3 Å². The number of carbonyl (C=O) groups is 1. The quantitative estimate of drug-likeness (QED) is 0.823. The molecule has 3 atom stereocenters. The fraction of sp³-hybridized carbons (Fsp3) is 0.438. The lowest BCUT2D eigenvalue weighted by Gasteiger charge is -2.35. The molecule has 0 unspecified atom stereocenters. The second-order valence-electron chi connectivity index (χ2n) is 5.82. The van der Waals surface area contributed by atoms with Crippen LogP contribution in [0.4, 0.5) is 0 Å². The summed E-state index contributed by atoms with van der Waals surface area (Å²) in [5, 5.41) is 4.28. The first-order chi connectivity index (χ1) is 9.75. The lowest BCUT2D eigenvalue weighted by Crippen LogP contribution is -2.40. The van der Waals surface area contributed by atoms with E-state index >= 15 is 0 Å². The van der Waals surface area contributed by atoms with Crippen LogP contribution in [-0.4, -0.2) is 17.4 Å². The summed E-state index contributed by atoms with van der Waals surface area (Å²) in [5.41, 5.74) is 1.35. The van der Waals surface area contributed by atoms with Gasteiger partial charge in [0.2, 0.25) is 5.91 Å². The summed E-state index contributed by atoms with van der Waals surface area (Å²) in [6.07, 6.45) is 2.09. The van der Waals surface area contributed by atoms with E-state index in [2.05, 4.69) is 40.8 Å². The topological polar surface area (TPSA) is 20.3 Å². The highest BCUT2D eigenvalue weighted by molar-refractivity contribution is 7.10. The van der Waals surface area contributed by atoms with Crippen LogP contribution in [0.15, 0.2) is 29.0 Å². The molecule has 0 spiro atoms. The third-order valence-electron chi connectivity index (χ3n) is 4.49. The van der Waals surface area contributed by atoms with Gasteiger partial charge in [-0.1, -0.05) is 13.0 Å². The Kier molecular flexibility index (Phi) is 2.97. The maximum Gasteiger partial charge on any atom is 0.226 e. The Morgan fingerprint density at radius 1 is 1.30 bits per heavy atom. The van der Waals surface area contributed by atoms with Gasteiger partial charge in [-0.25, -0.2) is 0 Å². The molecule has 3 heterocycles. The second-order valence-corrected chi connectivity index (χ2v) is 7.80. The molecule has 1 aliphatic carbocycles. The molecule has 0 radical (unpaired) electrons. The van der Waals surface area contributed by atoms with Crippen molar-refractivity contribution >= 4 is 28.6 Å². The molecule has 1 amide bonds. The zero-order valence-corrected chi connectivity index (χ0v) is 13.0. The predicted molar refractivity (Wildman–Crippen MR) is 83.2 cm³/mol. The van der Waals surface area contributed by atoms with E-state index in [-0.39, 0.29) is 12.0 Å². The minimum atomic E-state index is 0.158. The first-order valence-corrected chi connectivity index (χ1v) is 8.92. The summed E-state index contributed by atoms with van der Waals surface area (Å²) in [4.78, 5) is 17.6. The van der Waals surface area contributed by atoms with Crippen molar-refractivity contribution in [3.63, 3.8) is 0 Å². The number of hydrogen-bond acceptors (Lipinski definition) is 3. The van der Waals surface area contributed by atoms with Gasteiger partial charge in [-0.3, -0.25) is 4.79 Å². The van der Waals surface area contributed by atoms with E-state index in [0.717, 1.165) is 19.4 Å². The lowest BCUT2D eigenvalue weighted by molar-refractivity contribution is -0.134. The number of fused-ring (bicyclic) bond motifs is 1. The lowest BCUT2D eigenvalue weighted by atomic mass is 9.98. The number of nitrogens with zero attached hydrogens (tertiary/aromatic N) is 1. The summed E-state index contributed by atoms with van der Waals surface area (Å²) < 4.78 is 0. The molecule has 4 heteroatoms. The second kappa shape index (κ2) is 4.71. The van der Waals surface area contributed by atoms with Crippen LogP contribution in [-0.2, 0) is 11.2 Å². The van der Waals surface area contributed by atoms with Gasteiger partial charge < -0.3 is 4.90 Å². The van der Waals surface area contributed by atoms with E-state index in [0.29, 0.717) is 11.8 Å². The van der Waals surface area contributed by atoms with Gasteiger partial charge in [-0.2, -0.15) is 0 Å². The van der Waals surface area contributed by atoms with Crippen LogP contribution < -0.4 is 0 Å². The minimum Gasteiger partial charge on any atom is -0.330 e. The monoisotopic (exact) mass is 303 g/mol. The molecule has 2 aromatic rings. The summed E-state index contributed by atoms with van der Waals surface area (Å²) in [5.74, 6) is 1.22. The smallest absolute Gasteiger partial charge is 0.226 e. The fourth-order valence-corrected chi connectivity index (χ4v) is 4.94. The van der Waals surface area contributed by atoms with Crippen LogP contribution in [0.2, 0.25) is 0 Å². The molecule has 0 aromatic carbocycles. The van der Waals surface area contributed by atoms with E-state index < -0.39 is 0 Å². The van der Waals surface area contributed by atoms with Crippen LogP contribution in [0.3, 0.4) is 0 Å². The first kappa shape index (κ1) is 12.6. The van der Waals surface area contributed by atoms with Crippen molar-refractivity contribution in [2.75, 3.05) is 6.54 Å². The van der Waals surface area contributed by atoms with Gasteiger partial charge in [-0.05, 0) is 47.2 Å². The maximum absolute atomic E-state index is 12.7. The molecular formula is C16H17NOS2. The van der Waals surface area contributed by atoms with Crippen molar-refractivity contribution in [2.24, 2.45) is 11.8 Å². The molecular weight excluding hydrogens is 286 g/mol. The Morgan fingerprint density at radius 2 is 2.15 bits per heavy atom. The maximum atomic E-state index is 12.7. The number of thiophene rings is 2. The first-order valence-electron chi connectivity index (χ1n) is 7.16. The normalized spacial score (nSPS) is 28.2. The molecule has 104 valence electrons. The number of hydrogen-bond donors (Lipinski definition) is 0. The number of amides is 1. The predicted octanol–water partition coefficient (Wildman–Crippen LogP) is 3.94. The highest BCUT2D eigenvalue weighted by atomic mass is 32.1.